The minimum Gasteiger partial charge on any atom is -0.497 e. The fraction of sp³-hybridized carbons (Fsp3) is 0.500. The van der Waals surface area contributed by atoms with Gasteiger partial charge in [-0.1, -0.05) is 20.8 Å². The molecule has 2 N–H and O–H groups in total. The van der Waals surface area contributed by atoms with Gasteiger partial charge in [0, 0.05) is 29.8 Å². The number of hydrogen-bond acceptors (Lipinski definition) is 6. The van der Waals surface area contributed by atoms with Gasteiger partial charge in [0.05, 0.1) is 19.6 Å². The van der Waals surface area contributed by atoms with E-state index in [4.69, 9.17) is 14.5 Å². The topological polar surface area (TPSA) is 93.3 Å². The molecule has 3 aromatic rings. The number of hydrogen-bond donors (Lipinski definition) is 2. The maximum atomic E-state index is 12.9. The first-order chi connectivity index (χ1) is 16.2. The maximum Gasteiger partial charge on any atom is 0.259 e. The first-order valence-electron chi connectivity index (χ1n) is 11.7. The Bertz CT molecular complexity index is 1260. The molecule has 4 rings (SSSR count). The van der Waals surface area contributed by atoms with Crippen LogP contribution < -0.4 is 20.3 Å². The summed E-state index contributed by atoms with van der Waals surface area (Å²) in [5.41, 5.74) is 2.17. The molecule has 2 heterocycles. The second-order valence-electron chi connectivity index (χ2n) is 9.96. The van der Waals surface area contributed by atoms with Gasteiger partial charge >= 0.3 is 0 Å². The van der Waals surface area contributed by atoms with Gasteiger partial charge in [-0.15, -0.1) is 11.3 Å². The number of amides is 1. The van der Waals surface area contributed by atoms with Gasteiger partial charge < -0.3 is 19.8 Å². The van der Waals surface area contributed by atoms with Crippen molar-refractivity contribution in [2.45, 2.75) is 59.4 Å². The van der Waals surface area contributed by atoms with E-state index in [0.29, 0.717) is 36.2 Å². The maximum absolute atomic E-state index is 12.9. The van der Waals surface area contributed by atoms with E-state index in [1.165, 1.54) is 10.4 Å². The first-order valence-corrected chi connectivity index (χ1v) is 12.5. The number of carbonyl (C=O) groups excluding carboxylic acids is 1. The zero-order valence-electron chi connectivity index (χ0n) is 20.5. The molecular formula is C26H33N3O4S. The van der Waals surface area contributed by atoms with Crippen LogP contribution in [0.3, 0.4) is 0 Å². The molecule has 1 atom stereocenters. The van der Waals surface area contributed by atoms with Crippen molar-refractivity contribution < 1.29 is 14.3 Å². The van der Waals surface area contributed by atoms with E-state index in [-0.39, 0.29) is 23.3 Å². The molecule has 1 aliphatic rings. The molecule has 0 radical (unpaired) electrons. The fourth-order valence-corrected chi connectivity index (χ4v) is 5.94. The van der Waals surface area contributed by atoms with Gasteiger partial charge in [0.15, 0.2) is 0 Å². The Kier molecular flexibility index (Phi) is 6.98. The molecule has 0 spiro atoms. The van der Waals surface area contributed by atoms with Crippen LogP contribution in [0, 0.1) is 11.3 Å². The average molecular weight is 484 g/mol. The number of nitrogens with zero attached hydrogens (tertiary/aromatic N) is 1. The van der Waals surface area contributed by atoms with Gasteiger partial charge in [0.2, 0.25) is 5.91 Å². The summed E-state index contributed by atoms with van der Waals surface area (Å²) in [7, 11) is 3.19. The molecule has 0 saturated carbocycles. The second kappa shape index (κ2) is 9.78. The summed E-state index contributed by atoms with van der Waals surface area (Å²) >= 11 is 1.64. The molecule has 7 nitrogen and oxygen atoms in total. The van der Waals surface area contributed by atoms with Crippen LogP contribution in [0.2, 0.25) is 0 Å². The Morgan fingerprint density at radius 3 is 2.76 bits per heavy atom. The molecule has 1 unspecified atom stereocenters. The molecule has 2 aromatic heterocycles. The van der Waals surface area contributed by atoms with Crippen molar-refractivity contribution in [2.24, 2.45) is 11.3 Å². The number of benzene rings is 1. The van der Waals surface area contributed by atoms with Crippen molar-refractivity contribution in [3.63, 3.8) is 0 Å². The summed E-state index contributed by atoms with van der Waals surface area (Å²) in [6.07, 6.45) is 3.64. The number of H-pyrrole nitrogens is 1. The van der Waals surface area contributed by atoms with E-state index >= 15 is 0 Å². The lowest BCUT2D eigenvalue weighted by Gasteiger charge is -2.33. The quantitative estimate of drug-likeness (QED) is 0.520. The van der Waals surface area contributed by atoms with Crippen molar-refractivity contribution in [2.75, 3.05) is 14.2 Å². The Balaban J connectivity index is 1.42. The van der Waals surface area contributed by atoms with Crippen LogP contribution in [0.25, 0.3) is 10.2 Å². The van der Waals surface area contributed by atoms with Crippen LogP contribution in [-0.2, 0) is 30.6 Å². The molecule has 1 amide bonds. The molecule has 8 heteroatoms. The monoisotopic (exact) mass is 483 g/mol. The number of methoxy groups -OCH3 is 2. The van der Waals surface area contributed by atoms with Crippen molar-refractivity contribution in [3.8, 4) is 11.5 Å². The van der Waals surface area contributed by atoms with E-state index in [2.05, 4.69) is 31.1 Å². The number of rotatable bonds is 7. The van der Waals surface area contributed by atoms with E-state index in [9.17, 15) is 9.59 Å². The highest BCUT2D eigenvalue weighted by Crippen LogP contribution is 2.42. The minimum absolute atomic E-state index is 0.0896. The number of thiophene rings is 1. The van der Waals surface area contributed by atoms with Crippen LogP contribution in [0.15, 0.2) is 23.0 Å². The highest BCUT2D eigenvalue weighted by molar-refractivity contribution is 7.18. The SMILES string of the molecule is COc1ccc(OC)c(CNC(=O)CCc2nc3sc4c(c3c(=O)[nH]2)CCC(C(C)(C)C)C4)c1. The molecule has 0 fully saturated rings. The summed E-state index contributed by atoms with van der Waals surface area (Å²) < 4.78 is 10.6. The lowest BCUT2D eigenvalue weighted by molar-refractivity contribution is -0.121. The van der Waals surface area contributed by atoms with E-state index in [1.807, 2.05) is 18.2 Å². The number of ether oxygens (including phenoxy) is 2. The molecule has 1 aromatic carbocycles. The largest absolute Gasteiger partial charge is 0.497 e. The predicted octanol–water partition coefficient (Wildman–Crippen LogP) is 4.40. The minimum atomic E-state index is -0.119. The Hall–Kier alpha value is -2.87. The van der Waals surface area contributed by atoms with E-state index in [0.717, 1.165) is 35.0 Å². The molecule has 34 heavy (non-hydrogen) atoms. The summed E-state index contributed by atoms with van der Waals surface area (Å²) in [5.74, 6) is 2.43. The number of nitrogens with one attached hydrogen (secondary N) is 2. The Morgan fingerprint density at radius 1 is 1.26 bits per heavy atom. The zero-order chi connectivity index (χ0) is 24.5. The van der Waals surface area contributed by atoms with E-state index < -0.39 is 0 Å². The molecule has 0 saturated heterocycles. The van der Waals surface area contributed by atoms with Crippen LogP contribution in [0.5, 0.6) is 11.5 Å². The van der Waals surface area contributed by atoms with Crippen LogP contribution in [0.1, 0.15) is 55.4 Å². The summed E-state index contributed by atoms with van der Waals surface area (Å²) in [6, 6.07) is 5.47. The van der Waals surface area contributed by atoms with E-state index in [1.54, 1.807) is 25.6 Å². The van der Waals surface area contributed by atoms with Crippen LogP contribution >= 0.6 is 11.3 Å². The molecular weight excluding hydrogens is 450 g/mol. The molecule has 0 aliphatic heterocycles. The highest BCUT2D eigenvalue weighted by Gasteiger charge is 2.31. The second-order valence-corrected chi connectivity index (χ2v) is 11.0. The molecule has 1 aliphatic carbocycles. The standard InChI is InChI=1S/C26H33N3O4S/c1-26(2,3)16-6-8-18-20(13-16)34-25-23(18)24(31)28-21(29-25)10-11-22(30)27-14-15-12-17(32-4)7-9-19(15)33-5/h7,9,12,16H,6,8,10-11,13-14H2,1-5H3,(H,27,30)(H,28,29,31). The zero-order valence-corrected chi connectivity index (χ0v) is 21.4. The molecule has 182 valence electrons. The lowest BCUT2D eigenvalue weighted by Crippen LogP contribution is -2.26. The summed E-state index contributed by atoms with van der Waals surface area (Å²) in [4.78, 5) is 35.1. The Morgan fingerprint density at radius 2 is 2.06 bits per heavy atom. The summed E-state index contributed by atoms with van der Waals surface area (Å²) in [5, 5.41) is 3.66. The number of aryl methyl sites for hydroxylation is 2. The van der Waals surface area contributed by atoms with Crippen LogP contribution in [-0.4, -0.2) is 30.1 Å². The van der Waals surface area contributed by atoms with Gasteiger partial charge in [0.25, 0.3) is 5.56 Å². The number of fused-ring (bicyclic) bond motifs is 3. The predicted molar refractivity (Wildman–Crippen MR) is 135 cm³/mol. The van der Waals surface area contributed by atoms with Crippen LogP contribution in [0.4, 0.5) is 0 Å². The van der Waals surface area contributed by atoms with Gasteiger partial charge in [0.1, 0.15) is 22.2 Å². The number of carbonyl (C=O) groups is 1. The molecule has 0 bridgehead atoms. The third kappa shape index (κ3) is 5.12. The van der Waals surface area contributed by atoms with Gasteiger partial charge in [-0.05, 0) is 54.4 Å². The smallest absolute Gasteiger partial charge is 0.259 e. The van der Waals surface area contributed by atoms with Crippen molar-refractivity contribution in [1.82, 2.24) is 15.3 Å². The summed E-state index contributed by atoms with van der Waals surface area (Å²) in [6.45, 7) is 7.19. The fourth-order valence-electron chi connectivity index (χ4n) is 4.62. The van der Waals surface area contributed by atoms with Crippen molar-refractivity contribution in [1.29, 1.82) is 0 Å². The number of aromatic amines is 1. The van der Waals surface area contributed by atoms with Gasteiger partial charge in [-0.2, -0.15) is 0 Å². The van der Waals surface area contributed by atoms with Gasteiger partial charge in [-0.25, -0.2) is 4.98 Å². The number of aromatic nitrogens is 2. The highest BCUT2D eigenvalue weighted by atomic mass is 32.1. The third-order valence-corrected chi connectivity index (χ3v) is 7.89. The van der Waals surface area contributed by atoms with Crippen molar-refractivity contribution in [3.05, 3.63) is 50.4 Å². The van der Waals surface area contributed by atoms with Gasteiger partial charge in [-0.3, -0.25) is 9.59 Å². The third-order valence-electron chi connectivity index (χ3n) is 6.75. The first kappa shape index (κ1) is 24.3. The van der Waals surface area contributed by atoms with Crippen molar-refractivity contribution >= 4 is 27.5 Å². The average Bonchev–Trinajstić information content (AvgIpc) is 3.18. The lowest BCUT2D eigenvalue weighted by atomic mass is 9.72. The normalized spacial score (nSPS) is 15.7. The Labute approximate surface area is 203 Å².